The molecule has 0 aliphatic carbocycles. The first-order valence-electron chi connectivity index (χ1n) is 8.80. The van der Waals surface area contributed by atoms with E-state index >= 15 is 0 Å². The lowest BCUT2D eigenvalue weighted by Crippen LogP contribution is -2.04. The Labute approximate surface area is 162 Å². The molecule has 4 rings (SSSR count). The minimum atomic E-state index is 0.537. The molecule has 0 saturated heterocycles. The van der Waals surface area contributed by atoms with E-state index in [1.807, 2.05) is 59.4 Å². The average molecular weight is 370 g/mol. The zero-order chi connectivity index (χ0) is 19.3. The van der Waals surface area contributed by atoms with Gasteiger partial charge < -0.3 is 4.74 Å². The molecule has 0 radical (unpaired) electrons. The molecule has 0 bridgehead atoms. The Morgan fingerprint density at radius 2 is 1.89 bits per heavy atom. The van der Waals surface area contributed by atoms with Crippen LogP contribution in [0.15, 0.2) is 73.1 Å². The van der Waals surface area contributed by atoms with Crippen molar-refractivity contribution in [1.82, 2.24) is 19.7 Å². The number of carbonyl (C=O) groups is 1. The van der Waals surface area contributed by atoms with Gasteiger partial charge in [0.2, 0.25) is 0 Å². The molecular formula is C22H18N4O2. The van der Waals surface area contributed by atoms with Gasteiger partial charge in [0.25, 0.3) is 0 Å². The molecule has 0 aliphatic heterocycles. The smallest absolute Gasteiger partial charge is 0.181 e. The second kappa shape index (κ2) is 7.84. The van der Waals surface area contributed by atoms with Crippen molar-refractivity contribution in [3.8, 4) is 28.5 Å². The van der Waals surface area contributed by atoms with Gasteiger partial charge in [-0.2, -0.15) is 5.10 Å². The zero-order valence-electron chi connectivity index (χ0n) is 15.3. The summed E-state index contributed by atoms with van der Waals surface area (Å²) in [5.74, 6) is 2.08. The molecule has 6 nitrogen and oxygen atoms in total. The Kier molecular flexibility index (Phi) is 4.93. The highest BCUT2D eigenvalue weighted by Gasteiger charge is 2.14. The van der Waals surface area contributed by atoms with Crippen molar-refractivity contribution in [3.05, 3.63) is 84.2 Å². The summed E-state index contributed by atoms with van der Waals surface area (Å²) < 4.78 is 7.10. The molecule has 2 heterocycles. The highest BCUT2D eigenvalue weighted by molar-refractivity contribution is 5.78. The fraction of sp³-hybridized carbons (Fsp3) is 0.0909. The monoisotopic (exact) mass is 370 g/mol. The van der Waals surface area contributed by atoms with E-state index in [0.717, 1.165) is 34.6 Å². The van der Waals surface area contributed by atoms with Gasteiger partial charge in [0.1, 0.15) is 12.0 Å². The molecule has 0 fully saturated rings. The van der Waals surface area contributed by atoms with Crippen LogP contribution in [0.1, 0.15) is 15.9 Å². The number of rotatable bonds is 6. The second-order valence-electron chi connectivity index (χ2n) is 6.25. The van der Waals surface area contributed by atoms with Crippen LogP contribution in [0.25, 0.3) is 22.8 Å². The predicted octanol–water partition coefficient (Wildman–Crippen LogP) is 3.88. The molecule has 2 aromatic heterocycles. The topological polar surface area (TPSA) is 69.9 Å². The number of hydrogen-bond acceptors (Lipinski definition) is 5. The standard InChI is InChI=1S/C22H18N4O2/c1-28-20-9-7-18(8-10-20)22-24-21(19-6-2-4-16(12-19)15-27)25-26(22)14-17-5-3-11-23-13-17/h2-13,15H,14H2,1H3. The Morgan fingerprint density at radius 1 is 1.04 bits per heavy atom. The molecule has 0 atom stereocenters. The highest BCUT2D eigenvalue weighted by atomic mass is 16.5. The van der Waals surface area contributed by atoms with Crippen LogP contribution in [-0.2, 0) is 6.54 Å². The number of pyridine rings is 1. The molecule has 0 aliphatic rings. The van der Waals surface area contributed by atoms with Crippen LogP contribution >= 0.6 is 0 Å². The third kappa shape index (κ3) is 3.66. The van der Waals surface area contributed by atoms with Gasteiger partial charge in [0.15, 0.2) is 11.6 Å². The zero-order valence-corrected chi connectivity index (χ0v) is 15.3. The third-order valence-corrected chi connectivity index (χ3v) is 4.36. The number of aromatic nitrogens is 4. The summed E-state index contributed by atoms with van der Waals surface area (Å²) in [6, 6.07) is 18.9. The van der Waals surface area contributed by atoms with E-state index in [4.69, 9.17) is 14.8 Å². The normalized spacial score (nSPS) is 10.6. The van der Waals surface area contributed by atoms with E-state index in [-0.39, 0.29) is 0 Å². The van der Waals surface area contributed by atoms with Crippen molar-refractivity contribution < 1.29 is 9.53 Å². The summed E-state index contributed by atoms with van der Waals surface area (Å²) in [6.07, 6.45) is 4.37. The Hall–Kier alpha value is -3.80. The van der Waals surface area contributed by atoms with E-state index in [1.54, 1.807) is 25.4 Å². The highest BCUT2D eigenvalue weighted by Crippen LogP contribution is 2.25. The van der Waals surface area contributed by atoms with Crippen molar-refractivity contribution in [1.29, 1.82) is 0 Å². The largest absolute Gasteiger partial charge is 0.497 e. The molecular weight excluding hydrogens is 352 g/mol. The van der Waals surface area contributed by atoms with Gasteiger partial charge in [-0.1, -0.05) is 24.3 Å². The van der Waals surface area contributed by atoms with E-state index < -0.39 is 0 Å². The maximum Gasteiger partial charge on any atom is 0.181 e. The number of nitrogens with zero attached hydrogens (tertiary/aromatic N) is 4. The van der Waals surface area contributed by atoms with Gasteiger partial charge in [0.05, 0.1) is 13.7 Å². The van der Waals surface area contributed by atoms with Gasteiger partial charge in [-0.3, -0.25) is 9.78 Å². The van der Waals surface area contributed by atoms with E-state index in [1.165, 1.54) is 0 Å². The number of benzene rings is 2. The summed E-state index contributed by atoms with van der Waals surface area (Å²) in [5.41, 5.74) is 3.33. The first kappa shape index (κ1) is 17.6. The third-order valence-electron chi connectivity index (χ3n) is 4.36. The van der Waals surface area contributed by atoms with Crippen molar-refractivity contribution in [2.24, 2.45) is 0 Å². The number of ether oxygens (including phenoxy) is 1. The van der Waals surface area contributed by atoms with Crippen molar-refractivity contribution in [2.45, 2.75) is 6.54 Å². The first-order chi connectivity index (χ1) is 13.8. The summed E-state index contributed by atoms with van der Waals surface area (Å²) >= 11 is 0. The van der Waals surface area contributed by atoms with Crippen LogP contribution in [0, 0.1) is 0 Å². The van der Waals surface area contributed by atoms with Crippen LogP contribution in [0.3, 0.4) is 0 Å². The Morgan fingerprint density at radius 3 is 2.61 bits per heavy atom. The fourth-order valence-electron chi connectivity index (χ4n) is 2.94. The molecule has 0 amide bonds. The summed E-state index contributed by atoms with van der Waals surface area (Å²) in [4.78, 5) is 20.0. The maximum atomic E-state index is 11.1. The number of aldehydes is 1. The van der Waals surface area contributed by atoms with Gasteiger partial charge in [-0.25, -0.2) is 9.67 Å². The molecule has 0 N–H and O–H groups in total. The van der Waals surface area contributed by atoms with Crippen LogP contribution in [0.2, 0.25) is 0 Å². The van der Waals surface area contributed by atoms with E-state index in [0.29, 0.717) is 17.9 Å². The van der Waals surface area contributed by atoms with Crippen LogP contribution in [0.5, 0.6) is 5.75 Å². The molecule has 2 aromatic carbocycles. The molecule has 138 valence electrons. The number of methoxy groups -OCH3 is 1. The molecule has 0 unspecified atom stereocenters. The lowest BCUT2D eigenvalue weighted by molar-refractivity contribution is 0.112. The van der Waals surface area contributed by atoms with E-state index in [9.17, 15) is 4.79 Å². The summed E-state index contributed by atoms with van der Waals surface area (Å²) in [6.45, 7) is 0.537. The first-order valence-corrected chi connectivity index (χ1v) is 8.80. The van der Waals surface area contributed by atoms with Crippen LogP contribution < -0.4 is 4.74 Å². The average Bonchev–Trinajstić information content (AvgIpc) is 3.18. The van der Waals surface area contributed by atoms with Crippen LogP contribution in [0.4, 0.5) is 0 Å². The van der Waals surface area contributed by atoms with Crippen LogP contribution in [-0.4, -0.2) is 33.1 Å². The minimum Gasteiger partial charge on any atom is -0.497 e. The SMILES string of the molecule is COc1ccc(-c2nc(-c3cccc(C=O)c3)nn2Cc2cccnc2)cc1. The van der Waals surface area contributed by atoms with Gasteiger partial charge in [-0.15, -0.1) is 0 Å². The van der Waals surface area contributed by atoms with Gasteiger partial charge in [0, 0.05) is 29.1 Å². The quantitative estimate of drug-likeness (QED) is 0.482. The second-order valence-corrected chi connectivity index (χ2v) is 6.25. The van der Waals surface area contributed by atoms with Crippen molar-refractivity contribution >= 4 is 6.29 Å². The van der Waals surface area contributed by atoms with E-state index in [2.05, 4.69) is 4.98 Å². The number of hydrogen-bond donors (Lipinski definition) is 0. The Bertz CT molecular complexity index is 1090. The fourth-order valence-corrected chi connectivity index (χ4v) is 2.94. The number of carbonyl (C=O) groups excluding carboxylic acids is 1. The van der Waals surface area contributed by atoms with Gasteiger partial charge >= 0.3 is 0 Å². The summed E-state index contributed by atoms with van der Waals surface area (Å²) in [7, 11) is 1.64. The lowest BCUT2D eigenvalue weighted by Gasteiger charge is -2.06. The molecule has 0 spiro atoms. The summed E-state index contributed by atoms with van der Waals surface area (Å²) in [5, 5.41) is 4.70. The van der Waals surface area contributed by atoms with Crippen molar-refractivity contribution in [2.75, 3.05) is 7.11 Å². The van der Waals surface area contributed by atoms with Crippen molar-refractivity contribution in [3.63, 3.8) is 0 Å². The molecule has 0 saturated carbocycles. The Balaban J connectivity index is 1.79. The van der Waals surface area contributed by atoms with Gasteiger partial charge in [-0.05, 0) is 42.0 Å². The molecule has 28 heavy (non-hydrogen) atoms. The lowest BCUT2D eigenvalue weighted by atomic mass is 10.1. The minimum absolute atomic E-state index is 0.537. The molecule has 4 aromatic rings. The maximum absolute atomic E-state index is 11.1. The molecule has 6 heteroatoms. The predicted molar refractivity (Wildman–Crippen MR) is 106 cm³/mol.